The first-order valence-electron chi connectivity index (χ1n) is 7.79. The number of halogens is 2. The van der Waals surface area contributed by atoms with Gasteiger partial charge in [-0.05, 0) is 26.3 Å². The fourth-order valence-corrected chi connectivity index (χ4v) is 2.65. The van der Waals surface area contributed by atoms with Crippen molar-refractivity contribution in [3.05, 3.63) is 34.8 Å². The molecule has 25 heavy (non-hydrogen) atoms. The molecule has 1 atom stereocenters. The second-order valence-corrected chi connectivity index (χ2v) is 7.03. The Hall–Kier alpha value is -2.45. The predicted molar refractivity (Wildman–Crippen MR) is 84.0 cm³/mol. The second-order valence-electron chi connectivity index (χ2n) is 7.03. The third-order valence-corrected chi connectivity index (χ3v) is 3.88. The number of alkyl halides is 2. The highest BCUT2D eigenvalue weighted by molar-refractivity contribution is 5.89. The number of rotatable bonds is 2. The van der Waals surface area contributed by atoms with Gasteiger partial charge in [-0.25, -0.2) is 13.6 Å². The summed E-state index contributed by atoms with van der Waals surface area (Å²) >= 11 is 0. The summed E-state index contributed by atoms with van der Waals surface area (Å²) in [6.07, 6.45) is -0.273. The maximum Gasteiger partial charge on any atom is 0.410 e. The number of amides is 2. The van der Waals surface area contributed by atoms with Crippen LogP contribution in [-0.4, -0.2) is 41.5 Å². The van der Waals surface area contributed by atoms with E-state index in [1.807, 2.05) is 0 Å². The molecule has 0 bridgehead atoms. The zero-order chi connectivity index (χ0) is 19.0. The number of aromatic nitrogens is 1. The van der Waals surface area contributed by atoms with Crippen molar-refractivity contribution < 1.29 is 27.8 Å². The molecular weight excluding hydrogens is 336 g/mol. The normalized spacial score (nSPS) is 20.2. The van der Waals surface area contributed by atoms with Gasteiger partial charge in [0.05, 0.1) is 5.92 Å². The Morgan fingerprint density at radius 2 is 2.08 bits per heavy atom. The summed E-state index contributed by atoms with van der Waals surface area (Å²) in [5.41, 5.74) is 3.99. The number of nitrogens with two attached hydrogens (primary N) is 1. The van der Waals surface area contributed by atoms with Crippen LogP contribution < -0.4 is 10.5 Å². The minimum Gasteiger partial charge on any atom is -0.618 e. The maximum absolute atomic E-state index is 14.4. The van der Waals surface area contributed by atoms with Gasteiger partial charge in [-0.15, -0.1) is 0 Å². The van der Waals surface area contributed by atoms with Crippen molar-refractivity contribution in [2.75, 3.05) is 13.1 Å². The largest absolute Gasteiger partial charge is 0.618 e. The Morgan fingerprint density at radius 1 is 1.44 bits per heavy atom. The van der Waals surface area contributed by atoms with Gasteiger partial charge in [-0.3, -0.25) is 4.79 Å². The first-order valence-corrected chi connectivity index (χ1v) is 7.79. The van der Waals surface area contributed by atoms with Gasteiger partial charge in [0.2, 0.25) is 0 Å². The van der Waals surface area contributed by atoms with Gasteiger partial charge in [0, 0.05) is 31.6 Å². The number of nitrogens with zero attached hydrogens (tertiary/aromatic N) is 2. The van der Waals surface area contributed by atoms with Crippen molar-refractivity contribution in [1.29, 1.82) is 0 Å². The highest BCUT2D eigenvalue weighted by atomic mass is 19.3. The number of likely N-dealkylation sites (tertiary alicyclic amines) is 1. The molecular formula is C16H21F2N3O4. The van der Waals surface area contributed by atoms with Crippen LogP contribution in [0.5, 0.6) is 0 Å². The number of hydrogen-bond donors (Lipinski definition) is 1. The van der Waals surface area contributed by atoms with Crippen LogP contribution in [-0.2, 0) is 4.74 Å². The summed E-state index contributed by atoms with van der Waals surface area (Å²) in [6.45, 7) is 4.62. The predicted octanol–water partition coefficient (Wildman–Crippen LogP) is 1.78. The van der Waals surface area contributed by atoms with Crippen LogP contribution in [0.4, 0.5) is 13.6 Å². The molecule has 0 spiro atoms. The third-order valence-electron chi connectivity index (χ3n) is 3.88. The zero-order valence-corrected chi connectivity index (χ0v) is 14.3. The molecule has 1 aliphatic heterocycles. The molecule has 2 rings (SSSR count). The zero-order valence-electron chi connectivity index (χ0n) is 14.3. The Balaban J connectivity index is 2.29. The van der Waals surface area contributed by atoms with E-state index in [0.29, 0.717) is 0 Å². The number of primary amides is 1. The number of carbonyl (C=O) groups is 2. The van der Waals surface area contributed by atoms with E-state index in [9.17, 15) is 23.6 Å². The van der Waals surface area contributed by atoms with Crippen LogP contribution in [0.25, 0.3) is 0 Å². The molecule has 7 nitrogen and oxygen atoms in total. The van der Waals surface area contributed by atoms with E-state index >= 15 is 0 Å². The lowest BCUT2D eigenvalue weighted by molar-refractivity contribution is -0.607. The van der Waals surface area contributed by atoms with Crippen molar-refractivity contribution in [3.63, 3.8) is 0 Å². The minimum atomic E-state index is -3.09. The van der Waals surface area contributed by atoms with Gasteiger partial charge in [0.25, 0.3) is 11.6 Å². The Morgan fingerprint density at radius 3 is 2.64 bits per heavy atom. The lowest BCUT2D eigenvalue weighted by Crippen LogP contribution is -2.49. The standard InChI is InChI=1S/C16H21F2N3O4/c1-15(2,3)25-14(23)20-7-5-16(17,18)11(9-20)10-4-6-21(24)12(8-10)13(19)22/h4,6,8,11H,5,7,9H2,1-3H3,(H2,19,22). The first kappa shape index (κ1) is 18.9. The summed E-state index contributed by atoms with van der Waals surface area (Å²) in [7, 11) is 0. The highest BCUT2D eigenvalue weighted by Gasteiger charge is 2.47. The Bertz CT molecular complexity index is 688. The first-order chi connectivity index (χ1) is 11.4. The van der Waals surface area contributed by atoms with Gasteiger partial charge in [-0.1, -0.05) is 0 Å². The third kappa shape index (κ3) is 4.34. The van der Waals surface area contributed by atoms with E-state index in [1.54, 1.807) is 20.8 Å². The van der Waals surface area contributed by atoms with Crippen LogP contribution in [0.1, 0.15) is 49.2 Å². The second kappa shape index (κ2) is 6.45. The van der Waals surface area contributed by atoms with Crippen LogP contribution >= 0.6 is 0 Å². The van der Waals surface area contributed by atoms with Gasteiger partial charge < -0.3 is 20.6 Å². The summed E-state index contributed by atoms with van der Waals surface area (Å²) in [6, 6.07) is 2.25. The number of carbonyl (C=O) groups excluding carboxylic acids is 2. The lowest BCUT2D eigenvalue weighted by Gasteiger charge is -2.38. The minimum absolute atomic E-state index is 0.0687. The molecule has 1 fully saturated rings. The molecule has 9 heteroatoms. The quantitative estimate of drug-likeness (QED) is 0.644. The monoisotopic (exact) mass is 357 g/mol. The van der Waals surface area contributed by atoms with Crippen LogP contribution in [0.2, 0.25) is 0 Å². The van der Waals surface area contributed by atoms with E-state index in [0.717, 1.165) is 12.3 Å². The van der Waals surface area contributed by atoms with Crippen LogP contribution in [0.3, 0.4) is 0 Å². The van der Waals surface area contributed by atoms with Gasteiger partial charge in [-0.2, -0.15) is 4.73 Å². The molecule has 1 aliphatic rings. The summed E-state index contributed by atoms with van der Waals surface area (Å²) in [4.78, 5) is 24.6. The van der Waals surface area contributed by atoms with Crippen molar-refractivity contribution in [1.82, 2.24) is 4.90 Å². The molecule has 2 heterocycles. The smallest absolute Gasteiger partial charge is 0.410 e. The van der Waals surface area contributed by atoms with Gasteiger partial charge in [0.15, 0.2) is 6.20 Å². The Labute approximate surface area is 143 Å². The molecule has 2 N–H and O–H groups in total. The van der Waals surface area contributed by atoms with Gasteiger partial charge >= 0.3 is 12.0 Å². The Kier molecular flexibility index (Phi) is 4.87. The topological polar surface area (TPSA) is 99.6 Å². The molecule has 138 valence electrons. The molecule has 0 aromatic carbocycles. The van der Waals surface area contributed by atoms with E-state index in [4.69, 9.17) is 10.5 Å². The van der Waals surface area contributed by atoms with Crippen molar-refractivity contribution in [2.24, 2.45) is 5.73 Å². The number of hydrogen-bond acceptors (Lipinski definition) is 4. The molecule has 0 saturated carbocycles. The van der Waals surface area contributed by atoms with E-state index in [2.05, 4.69) is 0 Å². The van der Waals surface area contributed by atoms with Crippen LogP contribution in [0, 0.1) is 5.21 Å². The molecule has 1 saturated heterocycles. The number of ether oxygens (including phenoxy) is 1. The molecule has 2 amide bonds. The molecule has 0 aliphatic carbocycles. The molecule has 1 aromatic heterocycles. The van der Waals surface area contributed by atoms with E-state index in [-0.39, 0.29) is 23.4 Å². The van der Waals surface area contributed by atoms with E-state index < -0.39 is 41.6 Å². The van der Waals surface area contributed by atoms with Crippen molar-refractivity contribution in [3.8, 4) is 0 Å². The molecule has 1 unspecified atom stereocenters. The summed E-state index contributed by atoms with van der Waals surface area (Å²) in [5.74, 6) is -5.48. The van der Waals surface area contributed by atoms with Crippen molar-refractivity contribution >= 4 is 12.0 Å². The van der Waals surface area contributed by atoms with E-state index in [1.165, 1.54) is 11.0 Å². The lowest BCUT2D eigenvalue weighted by atomic mass is 9.87. The highest BCUT2D eigenvalue weighted by Crippen LogP contribution is 2.40. The number of piperidine rings is 1. The van der Waals surface area contributed by atoms with Crippen LogP contribution in [0.15, 0.2) is 18.3 Å². The fourth-order valence-electron chi connectivity index (χ4n) is 2.65. The molecule has 1 aromatic rings. The number of pyridine rings is 1. The average molecular weight is 357 g/mol. The summed E-state index contributed by atoms with van der Waals surface area (Å²) < 4.78 is 34.2. The SMILES string of the molecule is CC(C)(C)OC(=O)N1CCC(F)(F)C(c2cc[n+]([O-])c(C(N)=O)c2)C1. The van der Waals surface area contributed by atoms with Gasteiger partial charge in [0.1, 0.15) is 5.60 Å². The summed E-state index contributed by atoms with van der Waals surface area (Å²) in [5, 5.41) is 11.5. The fraction of sp³-hybridized carbons (Fsp3) is 0.562. The molecule has 0 radical (unpaired) electrons. The van der Waals surface area contributed by atoms with Crippen molar-refractivity contribution in [2.45, 2.75) is 44.6 Å². The average Bonchev–Trinajstić information content (AvgIpc) is 2.45. The maximum atomic E-state index is 14.4.